The van der Waals surface area contributed by atoms with Crippen molar-refractivity contribution in [2.75, 3.05) is 50.6 Å². The Bertz CT molecular complexity index is 1480. The van der Waals surface area contributed by atoms with Gasteiger partial charge in [0.05, 0.1) is 36.5 Å². The van der Waals surface area contributed by atoms with Gasteiger partial charge in [-0.05, 0) is 44.4 Å². The highest BCUT2D eigenvalue weighted by Crippen LogP contribution is 2.48. The third-order valence-corrected chi connectivity index (χ3v) is 7.13. The van der Waals surface area contributed by atoms with Crippen LogP contribution in [0.5, 0.6) is 11.5 Å². The summed E-state index contributed by atoms with van der Waals surface area (Å²) in [7, 11) is 3.74. The first-order chi connectivity index (χ1) is 19.7. The second-order valence-corrected chi connectivity index (χ2v) is 10.4. The number of morpholine rings is 1. The van der Waals surface area contributed by atoms with Gasteiger partial charge in [-0.25, -0.2) is 4.98 Å². The van der Waals surface area contributed by atoms with E-state index in [1.807, 2.05) is 19.0 Å². The molecule has 1 atom stereocenters. The van der Waals surface area contributed by atoms with E-state index in [2.05, 4.69) is 20.5 Å². The van der Waals surface area contributed by atoms with Crippen molar-refractivity contribution in [3.8, 4) is 22.1 Å². The lowest BCUT2D eigenvalue weighted by Crippen LogP contribution is -2.47. The van der Waals surface area contributed by atoms with Crippen molar-refractivity contribution in [3.63, 3.8) is 0 Å². The first-order valence-corrected chi connectivity index (χ1v) is 13.6. The van der Waals surface area contributed by atoms with Gasteiger partial charge in [-0.2, -0.15) is 23.4 Å². The number of amides is 1. The van der Waals surface area contributed by atoms with Gasteiger partial charge in [0.2, 0.25) is 0 Å². The molecule has 3 heterocycles. The summed E-state index contributed by atoms with van der Waals surface area (Å²) in [6, 6.07) is 12.6. The van der Waals surface area contributed by atoms with E-state index < -0.39 is 17.6 Å². The summed E-state index contributed by atoms with van der Waals surface area (Å²) in [4.78, 5) is 21.2. The van der Waals surface area contributed by atoms with Crippen molar-refractivity contribution >= 4 is 28.6 Å². The molecule has 41 heavy (non-hydrogen) atoms. The molecule has 0 unspecified atom stereocenters. The number of carbonyl (C=O) groups is 1. The van der Waals surface area contributed by atoms with E-state index in [-0.39, 0.29) is 54.4 Å². The monoisotopic (exact) mass is 584 g/mol. The maximum Gasteiger partial charge on any atom is 0.422 e. The van der Waals surface area contributed by atoms with Crippen LogP contribution < -0.4 is 15.0 Å². The summed E-state index contributed by atoms with van der Waals surface area (Å²) < 4.78 is 56.0. The van der Waals surface area contributed by atoms with Crippen molar-refractivity contribution in [1.82, 2.24) is 20.1 Å². The van der Waals surface area contributed by atoms with Gasteiger partial charge in [-0.1, -0.05) is 18.2 Å². The van der Waals surface area contributed by atoms with E-state index in [0.29, 0.717) is 17.1 Å². The third kappa shape index (κ3) is 6.81. The molecule has 0 saturated carbocycles. The van der Waals surface area contributed by atoms with Crippen molar-refractivity contribution < 1.29 is 27.4 Å². The molecule has 5 rings (SSSR count). The average molecular weight is 585 g/mol. The number of benzene rings is 2. The molecule has 9 nitrogen and oxygen atoms in total. The number of alkyl halides is 3. The standard InChI is InChI=1S/C28H27F3N6O3S/c1-36(2)15-20-16-37(12-13-39-20)25-21(34-26(38)22-17-41-27(35-22)18-10-11-32-33-14-18)8-9-23(24(25)28(29,30)31)40-19-6-4-3-5-7-19/h3-11,14,17,20H,12-13,15-16H2,1-2H3,(H,34,38)/t20-/m1/s1. The van der Waals surface area contributed by atoms with Crippen LogP contribution in [-0.4, -0.2) is 72.4 Å². The molecule has 0 bridgehead atoms. The van der Waals surface area contributed by atoms with E-state index in [0.717, 1.165) is 0 Å². The number of ether oxygens (including phenoxy) is 2. The molecule has 2 aromatic heterocycles. The highest BCUT2D eigenvalue weighted by molar-refractivity contribution is 7.13. The molecule has 13 heteroatoms. The van der Waals surface area contributed by atoms with Gasteiger partial charge >= 0.3 is 6.18 Å². The summed E-state index contributed by atoms with van der Waals surface area (Å²) in [5.74, 6) is -0.749. The van der Waals surface area contributed by atoms with Gasteiger partial charge < -0.3 is 24.6 Å². The minimum atomic E-state index is -4.79. The molecular weight excluding hydrogens is 557 g/mol. The average Bonchev–Trinajstić information content (AvgIpc) is 3.45. The predicted molar refractivity (Wildman–Crippen MR) is 150 cm³/mol. The maximum absolute atomic E-state index is 14.8. The van der Waals surface area contributed by atoms with Gasteiger partial charge in [-0.15, -0.1) is 11.3 Å². The summed E-state index contributed by atoms with van der Waals surface area (Å²) in [5, 5.41) is 12.3. The normalized spacial score (nSPS) is 15.7. The van der Waals surface area contributed by atoms with Crippen molar-refractivity contribution in [2.45, 2.75) is 12.3 Å². The van der Waals surface area contributed by atoms with Crippen LogP contribution in [0.25, 0.3) is 10.6 Å². The number of likely N-dealkylation sites (N-methyl/N-ethyl adjacent to an activating group) is 1. The van der Waals surface area contributed by atoms with E-state index in [1.54, 1.807) is 46.7 Å². The summed E-state index contributed by atoms with van der Waals surface area (Å²) >= 11 is 1.22. The fourth-order valence-corrected chi connectivity index (χ4v) is 5.32. The molecule has 0 radical (unpaired) electrons. The Labute approximate surface area is 238 Å². The van der Waals surface area contributed by atoms with Crippen LogP contribution in [0.1, 0.15) is 16.1 Å². The molecule has 1 saturated heterocycles. The molecule has 0 spiro atoms. The van der Waals surface area contributed by atoms with Crippen LogP contribution in [0, 0.1) is 0 Å². The Balaban J connectivity index is 1.54. The van der Waals surface area contributed by atoms with Crippen molar-refractivity contribution in [2.24, 2.45) is 0 Å². The number of hydrogen-bond donors (Lipinski definition) is 1. The number of carbonyl (C=O) groups excluding carboxylic acids is 1. The van der Waals surface area contributed by atoms with Gasteiger partial charge in [-0.3, -0.25) is 4.79 Å². The molecular formula is C28H27F3N6O3S. The summed E-state index contributed by atoms with van der Waals surface area (Å²) in [6.07, 6.45) is -2.11. The third-order valence-electron chi connectivity index (χ3n) is 6.23. The lowest BCUT2D eigenvalue weighted by atomic mass is 10.1. The lowest BCUT2D eigenvalue weighted by molar-refractivity contribution is -0.138. The zero-order chi connectivity index (χ0) is 29.0. The Morgan fingerprint density at radius 3 is 2.68 bits per heavy atom. The number of hydrogen-bond acceptors (Lipinski definition) is 9. The predicted octanol–water partition coefficient (Wildman–Crippen LogP) is 5.43. The van der Waals surface area contributed by atoms with Gasteiger partial charge in [0, 0.05) is 30.6 Å². The zero-order valence-corrected chi connectivity index (χ0v) is 23.1. The second kappa shape index (κ2) is 12.2. The van der Waals surface area contributed by atoms with E-state index in [4.69, 9.17) is 9.47 Å². The van der Waals surface area contributed by atoms with Crippen molar-refractivity contribution in [1.29, 1.82) is 0 Å². The lowest BCUT2D eigenvalue weighted by Gasteiger charge is -2.38. The molecule has 0 aliphatic carbocycles. The quantitative estimate of drug-likeness (QED) is 0.293. The number of para-hydroxylation sites is 1. The Hall–Kier alpha value is -4.07. The number of halogens is 3. The molecule has 2 aromatic carbocycles. The van der Waals surface area contributed by atoms with Crippen molar-refractivity contribution in [3.05, 3.63) is 77.6 Å². The summed E-state index contributed by atoms with van der Waals surface area (Å²) in [6.45, 7) is 1.13. The molecule has 1 aliphatic rings. The molecule has 1 N–H and O–H groups in total. The number of anilines is 2. The maximum atomic E-state index is 14.8. The van der Waals surface area contributed by atoms with Crippen LogP contribution >= 0.6 is 11.3 Å². The Morgan fingerprint density at radius 1 is 1.17 bits per heavy atom. The number of thiazole rings is 1. The largest absolute Gasteiger partial charge is 0.457 e. The van der Waals surface area contributed by atoms with Crippen LogP contribution in [-0.2, 0) is 10.9 Å². The van der Waals surface area contributed by atoms with Gasteiger partial charge in [0.1, 0.15) is 27.8 Å². The molecule has 214 valence electrons. The first kappa shape index (κ1) is 28.5. The van der Waals surface area contributed by atoms with Crippen LogP contribution in [0.15, 0.2) is 66.3 Å². The first-order valence-electron chi connectivity index (χ1n) is 12.7. The van der Waals surface area contributed by atoms with Gasteiger partial charge in [0.25, 0.3) is 5.91 Å². The molecule has 1 aliphatic heterocycles. The molecule has 1 amide bonds. The number of rotatable bonds is 8. The Kier molecular flexibility index (Phi) is 8.47. The fraction of sp³-hybridized carbons (Fsp3) is 0.286. The van der Waals surface area contributed by atoms with Crippen LogP contribution in [0.4, 0.5) is 24.5 Å². The second-order valence-electron chi connectivity index (χ2n) is 9.57. The number of aromatic nitrogens is 3. The number of nitrogens with zero attached hydrogens (tertiary/aromatic N) is 5. The number of nitrogens with one attached hydrogen (secondary N) is 1. The Morgan fingerprint density at radius 2 is 1.98 bits per heavy atom. The minimum Gasteiger partial charge on any atom is -0.457 e. The smallest absolute Gasteiger partial charge is 0.422 e. The molecule has 1 fully saturated rings. The highest BCUT2D eigenvalue weighted by atomic mass is 32.1. The van der Waals surface area contributed by atoms with E-state index >= 15 is 0 Å². The fourth-order valence-electron chi connectivity index (χ4n) is 4.53. The van der Waals surface area contributed by atoms with Gasteiger partial charge in [0.15, 0.2) is 0 Å². The van der Waals surface area contributed by atoms with Crippen LogP contribution in [0.3, 0.4) is 0 Å². The van der Waals surface area contributed by atoms with Crippen LogP contribution in [0.2, 0.25) is 0 Å². The van der Waals surface area contributed by atoms with E-state index in [9.17, 15) is 18.0 Å². The molecule has 4 aromatic rings. The van der Waals surface area contributed by atoms with E-state index in [1.165, 1.54) is 35.9 Å². The summed E-state index contributed by atoms with van der Waals surface area (Å²) in [5.41, 5.74) is -0.426. The topological polar surface area (TPSA) is 92.7 Å². The SMILES string of the molecule is CN(C)C[C@@H]1CN(c2c(NC(=O)c3csc(-c4ccnnc4)n3)ccc(Oc3ccccc3)c2C(F)(F)F)CCO1. The highest BCUT2D eigenvalue weighted by Gasteiger charge is 2.41. The minimum absolute atomic E-state index is 0.00614. The zero-order valence-electron chi connectivity index (χ0n) is 22.3.